The highest BCUT2D eigenvalue weighted by Crippen LogP contribution is 2.29. The molecule has 5 nitrogen and oxygen atoms in total. The van der Waals surface area contributed by atoms with Gasteiger partial charge in [0.15, 0.2) is 0 Å². The molecular formula is C33H27N5. The SMILES string of the molecule is Cc1ccccc1.Nc1ccc(C2=Cc3cc4ccc(cc5nc(cc6ccc(cc2n3)[nH]6)C=C5)[nH]4)cc1. The van der Waals surface area contributed by atoms with Crippen LogP contribution in [0.15, 0.2) is 103 Å². The molecule has 0 fully saturated rings. The topological polar surface area (TPSA) is 83.4 Å². The van der Waals surface area contributed by atoms with Crippen molar-refractivity contribution in [1.82, 2.24) is 19.9 Å². The van der Waals surface area contributed by atoms with Crippen molar-refractivity contribution in [1.29, 1.82) is 0 Å². The van der Waals surface area contributed by atoms with Crippen molar-refractivity contribution < 1.29 is 0 Å². The van der Waals surface area contributed by atoms with Crippen LogP contribution in [0.3, 0.4) is 0 Å². The average molecular weight is 494 g/mol. The minimum absolute atomic E-state index is 0.745. The van der Waals surface area contributed by atoms with E-state index in [2.05, 4.69) is 76.5 Å². The molecular weight excluding hydrogens is 466 g/mol. The van der Waals surface area contributed by atoms with Gasteiger partial charge in [-0.25, -0.2) is 9.97 Å². The van der Waals surface area contributed by atoms with Gasteiger partial charge in [-0.2, -0.15) is 0 Å². The Hall–Kier alpha value is -5.16. The molecule has 0 aliphatic carbocycles. The summed E-state index contributed by atoms with van der Waals surface area (Å²) in [5.74, 6) is 0. The Morgan fingerprint density at radius 2 is 1.13 bits per heavy atom. The van der Waals surface area contributed by atoms with Crippen molar-refractivity contribution in [2.75, 3.05) is 5.73 Å². The molecule has 0 unspecified atom stereocenters. The van der Waals surface area contributed by atoms with Crippen molar-refractivity contribution in [2.45, 2.75) is 6.92 Å². The molecule has 0 saturated carbocycles. The summed E-state index contributed by atoms with van der Waals surface area (Å²) >= 11 is 0. The van der Waals surface area contributed by atoms with Crippen LogP contribution in [0, 0.1) is 6.92 Å². The number of aryl methyl sites for hydroxylation is 1. The molecule has 184 valence electrons. The molecule has 5 heterocycles. The van der Waals surface area contributed by atoms with Crippen LogP contribution in [0.2, 0.25) is 0 Å². The van der Waals surface area contributed by atoms with Crippen LogP contribution in [-0.2, 0) is 0 Å². The Morgan fingerprint density at radius 3 is 1.68 bits per heavy atom. The number of nitrogen functional groups attached to an aromatic ring is 1. The van der Waals surface area contributed by atoms with Gasteiger partial charge in [0.1, 0.15) is 0 Å². The minimum atomic E-state index is 0.745. The second kappa shape index (κ2) is 10.1. The fourth-order valence-corrected chi connectivity index (χ4v) is 4.44. The molecule has 0 radical (unpaired) electrons. The summed E-state index contributed by atoms with van der Waals surface area (Å²) in [5, 5.41) is 0. The summed E-state index contributed by atoms with van der Waals surface area (Å²) in [7, 11) is 0. The molecule has 2 aliphatic rings. The lowest BCUT2D eigenvalue weighted by molar-refractivity contribution is 1.30. The van der Waals surface area contributed by atoms with E-state index in [1.54, 1.807) is 0 Å². The van der Waals surface area contributed by atoms with Crippen LogP contribution < -0.4 is 5.73 Å². The van der Waals surface area contributed by atoms with E-state index < -0.39 is 0 Å². The first-order chi connectivity index (χ1) is 18.6. The maximum absolute atomic E-state index is 5.89. The lowest BCUT2D eigenvalue weighted by atomic mass is 10.0. The quantitative estimate of drug-likeness (QED) is 0.205. The van der Waals surface area contributed by atoms with Crippen LogP contribution in [-0.4, -0.2) is 19.9 Å². The third kappa shape index (κ3) is 5.32. The van der Waals surface area contributed by atoms with Crippen molar-refractivity contribution in [3.8, 4) is 0 Å². The number of H-pyrrole nitrogens is 2. The summed E-state index contributed by atoms with van der Waals surface area (Å²) in [6.07, 6.45) is 6.15. The number of rotatable bonds is 1. The van der Waals surface area contributed by atoms with Gasteiger partial charge in [0.25, 0.3) is 0 Å². The largest absolute Gasteiger partial charge is 0.399 e. The van der Waals surface area contributed by atoms with Crippen LogP contribution in [0.25, 0.3) is 45.9 Å². The second-order valence-electron chi connectivity index (χ2n) is 9.37. The van der Waals surface area contributed by atoms with Gasteiger partial charge < -0.3 is 15.7 Å². The Morgan fingerprint density at radius 1 is 0.579 bits per heavy atom. The average Bonchev–Trinajstić information content (AvgIpc) is 3.71. The van der Waals surface area contributed by atoms with E-state index >= 15 is 0 Å². The summed E-state index contributed by atoms with van der Waals surface area (Å²) < 4.78 is 0. The highest BCUT2D eigenvalue weighted by molar-refractivity contribution is 5.93. The zero-order valence-electron chi connectivity index (χ0n) is 21.0. The lowest BCUT2D eigenvalue weighted by Gasteiger charge is -2.02. The van der Waals surface area contributed by atoms with Crippen LogP contribution >= 0.6 is 0 Å². The van der Waals surface area contributed by atoms with Gasteiger partial charge in [-0.1, -0.05) is 48.0 Å². The van der Waals surface area contributed by atoms with E-state index in [0.29, 0.717) is 0 Å². The van der Waals surface area contributed by atoms with Gasteiger partial charge in [0.05, 0.1) is 22.8 Å². The number of nitrogens with one attached hydrogen (secondary N) is 2. The van der Waals surface area contributed by atoms with Gasteiger partial charge in [0, 0.05) is 33.3 Å². The summed E-state index contributed by atoms with van der Waals surface area (Å²) in [6.45, 7) is 2.08. The summed E-state index contributed by atoms with van der Waals surface area (Å²) in [6, 6.07) is 34.6. The summed E-state index contributed by atoms with van der Waals surface area (Å²) in [4.78, 5) is 16.5. The Labute approximate surface area is 221 Å². The smallest absolute Gasteiger partial charge is 0.0736 e. The molecule has 0 spiro atoms. The summed E-state index contributed by atoms with van der Waals surface area (Å²) in [5.41, 5.74) is 17.7. The monoisotopic (exact) mass is 493 g/mol. The maximum Gasteiger partial charge on any atom is 0.0736 e. The number of nitrogens with two attached hydrogens (primary N) is 1. The molecule has 4 N–H and O–H groups in total. The van der Waals surface area contributed by atoms with E-state index in [4.69, 9.17) is 10.7 Å². The van der Waals surface area contributed by atoms with E-state index in [0.717, 1.165) is 61.7 Å². The first-order valence-electron chi connectivity index (χ1n) is 12.5. The fourth-order valence-electron chi connectivity index (χ4n) is 4.44. The Balaban J connectivity index is 0.000000330. The molecule has 0 saturated heterocycles. The highest BCUT2D eigenvalue weighted by Gasteiger charge is 2.12. The molecule has 5 heteroatoms. The molecule has 0 amide bonds. The zero-order valence-corrected chi connectivity index (χ0v) is 21.0. The number of aromatic nitrogens is 4. The standard InChI is InChI=1S/C26H19N5.C7H8/c27-17-3-1-16(2-4-17)25-14-24-13-22-8-7-20(29-22)11-18-5-6-19(28-18)12-21-9-10-23(30-21)15-26(25)31-24;1-7-5-3-2-4-6-7/h1-15,29-30H,27H2;2-6H,1H3. The van der Waals surface area contributed by atoms with Gasteiger partial charge in [-0.3, -0.25) is 0 Å². The fraction of sp³-hybridized carbons (Fsp3) is 0.0303. The van der Waals surface area contributed by atoms with E-state index in [9.17, 15) is 0 Å². The van der Waals surface area contributed by atoms with Gasteiger partial charge in [0.2, 0.25) is 0 Å². The third-order valence-electron chi connectivity index (χ3n) is 6.33. The van der Waals surface area contributed by atoms with Gasteiger partial charge in [-0.05, 0) is 91.4 Å². The number of hydrogen-bond acceptors (Lipinski definition) is 3. The van der Waals surface area contributed by atoms with Crippen molar-refractivity contribution in [3.05, 3.63) is 137 Å². The Kier molecular flexibility index (Phi) is 6.16. The molecule has 5 aromatic rings. The lowest BCUT2D eigenvalue weighted by Crippen LogP contribution is -1.88. The van der Waals surface area contributed by atoms with Gasteiger partial charge >= 0.3 is 0 Å². The molecule has 0 atom stereocenters. The number of aromatic amines is 2. The van der Waals surface area contributed by atoms with E-state index in [1.165, 1.54) is 5.56 Å². The normalized spacial score (nSPS) is 12.0. The molecule has 8 bridgehead atoms. The first-order valence-corrected chi connectivity index (χ1v) is 12.5. The minimum Gasteiger partial charge on any atom is -0.399 e. The number of benzene rings is 2. The molecule has 3 aromatic heterocycles. The second-order valence-corrected chi connectivity index (χ2v) is 9.37. The maximum atomic E-state index is 5.89. The van der Waals surface area contributed by atoms with E-state index in [-0.39, 0.29) is 0 Å². The highest BCUT2D eigenvalue weighted by atomic mass is 14.8. The van der Waals surface area contributed by atoms with Crippen LogP contribution in [0.1, 0.15) is 33.9 Å². The van der Waals surface area contributed by atoms with Crippen LogP contribution in [0.4, 0.5) is 5.69 Å². The predicted octanol–water partition coefficient (Wildman–Crippen LogP) is 7.65. The van der Waals surface area contributed by atoms with Crippen molar-refractivity contribution in [3.63, 3.8) is 0 Å². The Bertz CT molecular complexity index is 1820. The zero-order chi connectivity index (χ0) is 25.9. The molecule has 38 heavy (non-hydrogen) atoms. The predicted molar refractivity (Wildman–Crippen MR) is 159 cm³/mol. The molecule has 2 aromatic carbocycles. The van der Waals surface area contributed by atoms with Crippen molar-refractivity contribution in [2.24, 2.45) is 0 Å². The third-order valence-corrected chi connectivity index (χ3v) is 6.33. The number of nitrogens with zero attached hydrogens (tertiary/aromatic N) is 2. The van der Waals surface area contributed by atoms with Crippen molar-refractivity contribution >= 4 is 51.6 Å². The number of fused-ring (bicyclic) bond motifs is 8. The number of anilines is 1. The molecule has 2 aliphatic heterocycles. The number of hydrogen-bond donors (Lipinski definition) is 3. The first kappa shape index (κ1) is 23.3. The van der Waals surface area contributed by atoms with Crippen LogP contribution in [0.5, 0.6) is 0 Å². The molecule has 7 rings (SSSR count). The van der Waals surface area contributed by atoms with Gasteiger partial charge in [-0.15, -0.1) is 0 Å². The van der Waals surface area contributed by atoms with E-state index in [1.807, 2.05) is 66.7 Å².